The monoisotopic (exact) mass is 440 g/mol. The van der Waals surface area contributed by atoms with Crippen molar-refractivity contribution in [2.75, 3.05) is 5.32 Å². The van der Waals surface area contributed by atoms with E-state index in [-0.39, 0.29) is 10.9 Å². The Balaban J connectivity index is 0.000000628. The molecular weight excluding hydrogens is 419 g/mol. The highest BCUT2D eigenvalue weighted by molar-refractivity contribution is 6.35. The van der Waals surface area contributed by atoms with E-state index in [2.05, 4.69) is 25.5 Å². The number of rotatable bonds is 4. The predicted octanol–water partition coefficient (Wildman–Crippen LogP) is 5.46. The van der Waals surface area contributed by atoms with Crippen LogP contribution in [0.15, 0.2) is 24.8 Å². The molecule has 1 amide bonds. The van der Waals surface area contributed by atoms with Gasteiger partial charge in [-0.15, -0.1) is 0 Å². The summed E-state index contributed by atoms with van der Waals surface area (Å²) in [4.78, 5) is 19.3. The fraction of sp³-hybridized carbons (Fsp3) is 0.364. The lowest BCUT2D eigenvalue weighted by Crippen LogP contribution is -2.02. The number of hydrogen-bond donors (Lipinski definition) is 2. The Kier molecular flexibility index (Phi) is 5.31. The van der Waals surface area contributed by atoms with Crippen LogP contribution in [-0.4, -0.2) is 31.0 Å². The summed E-state index contributed by atoms with van der Waals surface area (Å²) in [5.41, 5.74) is 2.84. The van der Waals surface area contributed by atoms with E-state index in [9.17, 15) is 4.79 Å². The van der Waals surface area contributed by atoms with Gasteiger partial charge in [0.1, 0.15) is 5.82 Å². The number of aromatic nitrogens is 5. The molecule has 0 unspecified atom stereocenters. The van der Waals surface area contributed by atoms with E-state index < -0.39 is 5.82 Å². The molecule has 2 aliphatic rings. The Morgan fingerprint density at radius 3 is 2.65 bits per heavy atom. The molecule has 4 aromatic rings. The van der Waals surface area contributed by atoms with E-state index in [0.29, 0.717) is 40.2 Å². The minimum atomic E-state index is -0.406. The van der Waals surface area contributed by atoms with Crippen molar-refractivity contribution in [1.82, 2.24) is 24.6 Å². The van der Waals surface area contributed by atoms with Gasteiger partial charge in [0.2, 0.25) is 6.41 Å². The fourth-order valence-electron chi connectivity index (χ4n) is 4.14. The quantitative estimate of drug-likeness (QED) is 0.412. The number of hydrogen-bond acceptors (Lipinski definition) is 4. The van der Waals surface area contributed by atoms with Gasteiger partial charge in [0.15, 0.2) is 11.5 Å². The van der Waals surface area contributed by atoms with Crippen molar-refractivity contribution in [3.05, 3.63) is 41.2 Å². The summed E-state index contributed by atoms with van der Waals surface area (Å²) in [6.45, 7) is 0. The van der Waals surface area contributed by atoms with Gasteiger partial charge in [-0.1, -0.05) is 43.7 Å². The van der Waals surface area contributed by atoms with Crippen molar-refractivity contribution in [3.8, 4) is 11.3 Å². The molecule has 2 saturated carbocycles. The highest BCUT2D eigenvalue weighted by Crippen LogP contribution is 2.44. The van der Waals surface area contributed by atoms with E-state index in [1.165, 1.54) is 19.3 Å². The minimum Gasteiger partial charge on any atom is -0.312 e. The maximum atomic E-state index is 15.4. The highest BCUT2D eigenvalue weighted by atomic mass is 35.5. The molecule has 7 nitrogen and oxygen atoms in total. The molecule has 0 aliphatic heterocycles. The summed E-state index contributed by atoms with van der Waals surface area (Å²) in [6, 6.07) is 0. The van der Waals surface area contributed by atoms with Gasteiger partial charge in [-0.2, -0.15) is 5.10 Å². The molecule has 3 aromatic heterocycles. The average Bonchev–Trinajstić information content (AvgIpc) is 3.24. The molecule has 0 bridgehead atoms. The second-order valence-corrected chi connectivity index (χ2v) is 8.42. The van der Waals surface area contributed by atoms with Crippen molar-refractivity contribution in [3.63, 3.8) is 0 Å². The molecule has 3 heterocycles. The van der Waals surface area contributed by atoms with Gasteiger partial charge >= 0.3 is 0 Å². The molecule has 1 aromatic carbocycles. The lowest BCUT2D eigenvalue weighted by atomic mass is 9.92. The number of fused-ring (bicyclic) bond motifs is 2. The molecule has 9 heteroatoms. The number of amides is 1. The van der Waals surface area contributed by atoms with Crippen LogP contribution in [0.2, 0.25) is 5.02 Å². The molecule has 0 saturated heterocycles. The van der Waals surface area contributed by atoms with Crippen LogP contribution < -0.4 is 5.32 Å². The molecule has 2 aliphatic carbocycles. The summed E-state index contributed by atoms with van der Waals surface area (Å²) < 4.78 is 17.1. The maximum absolute atomic E-state index is 15.4. The van der Waals surface area contributed by atoms with Crippen LogP contribution in [-0.2, 0) is 4.79 Å². The third-order valence-corrected chi connectivity index (χ3v) is 6.10. The van der Waals surface area contributed by atoms with Gasteiger partial charge in [0.05, 0.1) is 34.8 Å². The summed E-state index contributed by atoms with van der Waals surface area (Å²) in [6.07, 6.45) is 15.7. The molecule has 160 valence electrons. The Labute approximate surface area is 183 Å². The van der Waals surface area contributed by atoms with Crippen molar-refractivity contribution in [1.29, 1.82) is 0 Å². The summed E-state index contributed by atoms with van der Waals surface area (Å²) in [5, 5.41) is 10.4. The second-order valence-electron chi connectivity index (χ2n) is 8.04. The van der Waals surface area contributed by atoms with Crippen molar-refractivity contribution < 1.29 is 9.18 Å². The van der Waals surface area contributed by atoms with E-state index in [1.54, 1.807) is 29.2 Å². The molecule has 2 N–H and O–H groups in total. The van der Waals surface area contributed by atoms with E-state index in [0.717, 1.165) is 31.1 Å². The van der Waals surface area contributed by atoms with Gasteiger partial charge in [-0.3, -0.25) is 14.9 Å². The standard InChI is InChI=1S/C19H16ClFN6O.C3H6/c20-17-16(12-7-27-8-13(23-9-28)25-14(27)6-22-12)11-5-24-26-19(11)15(18(17)21)10-3-1-2-4-10;1-2-3-1/h5-10H,1-4H2,(H,23,28)(H,24,26);1-3H2. The number of H-pyrrole nitrogens is 1. The lowest BCUT2D eigenvalue weighted by molar-refractivity contribution is -0.105. The summed E-state index contributed by atoms with van der Waals surface area (Å²) in [5.74, 6) is 0.142. The first-order valence-corrected chi connectivity index (χ1v) is 10.9. The molecular formula is C22H22ClFN6O. The minimum absolute atomic E-state index is 0.0500. The van der Waals surface area contributed by atoms with Crippen LogP contribution in [0.1, 0.15) is 56.4 Å². The van der Waals surface area contributed by atoms with Crippen LogP contribution in [0.3, 0.4) is 0 Å². The molecule has 0 radical (unpaired) electrons. The number of anilines is 1. The molecule has 6 rings (SSSR count). The normalized spacial score (nSPS) is 15.8. The van der Waals surface area contributed by atoms with E-state index in [1.807, 2.05) is 0 Å². The van der Waals surface area contributed by atoms with Gasteiger partial charge < -0.3 is 9.72 Å². The van der Waals surface area contributed by atoms with Crippen LogP contribution in [0.5, 0.6) is 0 Å². The maximum Gasteiger partial charge on any atom is 0.212 e. The zero-order valence-electron chi connectivity index (χ0n) is 16.9. The largest absolute Gasteiger partial charge is 0.312 e. The number of benzene rings is 1. The number of carbonyl (C=O) groups excluding carboxylic acids is 1. The van der Waals surface area contributed by atoms with Gasteiger partial charge in [0.25, 0.3) is 0 Å². The first-order chi connectivity index (χ1) is 15.2. The summed E-state index contributed by atoms with van der Waals surface area (Å²) in [7, 11) is 0. The molecule has 31 heavy (non-hydrogen) atoms. The highest BCUT2D eigenvalue weighted by Gasteiger charge is 2.28. The SMILES string of the molecule is C1CC1.O=CNc1cn2cc(-c3c(Cl)c(F)c(C4CCCC4)c4[nH]ncc34)ncc2n1. The van der Waals surface area contributed by atoms with Crippen LogP contribution >= 0.6 is 11.6 Å². The zero-order chi connectivity index (χ0) is 21.4. The van der Waals surface area contributed by atoms with Gasteiger partial charge in [-0.05, 0) is 18.8 Å². The molecule has 0 spiro atoms. The third-order valence-electron chi connectivity index (χ3n) is 5.75. The third kappa shape index (κ3) is 3.76. The van der Waals surface area contributed by atoms with Gasteiger partial charge in [-0.25, -0.2) is 9.37 Å². The Morgan fingerprint density at radius 2 is 1.94 bits per heavy atom. The number of imidazole rings is 1. The van der Waals surface area contributed by atoms with Crippen molar-refractivity contribution in [2.24, 2.45) is 0 Å². The van der Waals surface area contributed by atoms with Crippen LogP contribution in [0.4, 0.5) is 10.2 Å². The number of nitrogens with one attached hydrogen (secondary N) is 2. The number of halogens is 2. The second kappa shape index (κ2) is 8.26. The van der Waals surface area contributed by atoms with Gasteiger partial charge in [0, 0.05) is 22.7 Å². The molecule has 2 fully saturated rings. The van der Waals surface area contributed by atoms with E-state index >= 15 is 4.39 Å². The topological polar surface area (TPSA) is 88.0 Å². The van der Waals surface area contributed by atoms with E-state index in [4.69, 9.17) is 11.6 Å². The number of nitrogens with zero attached hydrogens (tertiary/aromatic N) is 4. The molecule has 0 atom stereocenters. The average molecular weight is 441 g/mol. The smallest absolute Gasteiger partial charge is 0.212 e. The van der Waals surface area contributed by atoms with Crippen molar-refractivity contribution >= 4 is 40.4 Å². The number of aromatic amines is 1. The zero-order valence-corrected chi connectivity index (χ0v) is 17.6. The van der Waals surface area contributed by atoms with Crippen LogP contribution in [0.25, 0.3) is 27.8 Å². The fourth-order valence-corrected chi connectivity index (χ4v) is 4.44. The first kappa shape index (κ1) is 19.9. The first-order valence-electron chi connectivity index (χ1n) is 10.6. The van der Waals surface area contributed by atoms with Crippen molar-refractivity contribution in [2.45, 2.75) is 50.9 Å². The predicted molar refractivity (Wildman–Crippen MR) is 118 cm³/mol. The Bertz CT molecular complexity index is 1260. The Morgan fingerprint density at radius 1 is 1.16 bits per heavy atom. The Hall–Kier alpha value is -3.00. The lowest BCUT2D eigenvalue weighted by Gasteiger charge is -2.16. The van der Waals surface area contributed by atoms with Crippen LogP contribution in [0, 0.1) is 5.82 Å². The summed E-state index contributed by atoms with van der Waals surface area (Å²) >= 11 is 6.51. The number of carbonyl (C=O) groups is 1.